The highest BCUT2D eigenvalue weighted by Crippen LogP contribution is 2.27. The first-order valence-electron chi connectivity index (χ1n) is 5.62. The Morgan fingerprint density at radius 3 is 2.11 bits per heavy atom. The Kier molecular flexibility index (Phi) is 3.06. The largest absolute Gasteiger partial charge is 0.507 e. The summed E-state index contributed by atoms with van der Waals surface area (Å²) in [6.07, 6.45) is 0. The van der Waals surface area contributed by atoms with E-state index in [4.69, 9.17) is 5.11 Å². The van der Waals surface area contributed by atoms with Crippen LogP contribution in [0.25, 0.3) is 11.1 Å². The number of carboxylic acids is 1. The van der Waals surface area contributed by atoms with Gasteiger partial charge in [0.25, 0.3) is 0 Å². The van der Waals surface area contributed by atoms with Crippen LogP contribution in [0.2, 0.25) is 0 Å². The summed E-state index contributed by atoms with van der Waals surface area (Å²) in [6, 6.07) is 10.7. The Labute approximate surface area is 105 Å². The van der Waals surface area contributed by atoms with Crippen molar-refractivity contribution in [3.63, 3.8) is 0 Å². The molecule has 0 saturated heterocycles. The molecule has 2 N–H and O–H groups in total. The van der Waals surface area contributed by atoms with Crippen molar-refractivity contribution in [3.8, 4) is 16.9 Å². The Morgan fingerprint density at radius 1 is 0.944 bits per heavy atom. The van der Waals surface area contributed by atoms with Gasteiger partial charge in [-0.05, 0) is 37.1 Å². The van der Waals surface area contributed by atoms with Crippen LogP contribution in [-0.2, 0) is 0 Å². The minimum Gasteiger partial charge on any atom is -0.507 e. The van der Waals surface area contributed by atoms with Crippen molar-refractivity contribution < 1.29 is 15.0 Å². The zero-order valence-corrected chi connectivity index (χ0v) is 10.3. The van der Waals surface area contributed by atoms with Gasteiger partial charge >= 0.3 is 5.97 Å². The van der Waals surface area contributed by atoms with Crippen molar-refractivity contribution in [2.75, 3.05) is 0 Å². The van der Waals surface area contributed by atoms with Gasteiger partial charge in [0, 0.05) is 0 Å². The topological polar surface area (TPSA) is 57.5 Å². The number of carboxylic acid groups (broad SMARTS) is 1. The van der Waals surface area contributed by atoms with Crippen LogP contribution in [0.3, 0.4) is 0 Å². The Morgan fingerprint density at radius 2 is 1.56 bits per heavy atom. The number of aromatic hydroxyl groups is 1. The average molecular weight is 242 g/mol. The first-order valence-corrected chi connectivity index (χ1v) is 5.62. The van der Waals surface area contributed by atoms with Gasteiger partial charge in [-0.2, -0.15) is 0 Å². The summed E-state index contributed by atoms with van der Waals surface area (Å²) in [5, 5.41) is 18.5. The molecule has 3 heteroatoms. The smallest absolute Gasteiger partial charge is 0.339 e. The summed E-state index contributed by atoms with van der Waals surface area (Å²) in [5.41, 5.74) is 3.91. The molecule has 0 radical (unpaired) electrons. The molecule has 0 fully saturated rings. The van der Waals surface area contributed by atoms with Gasteiger partial charge in [-0.3, -0.25) is 0 Å². The van der Waals surface area contributed by atoms with Gasteiger partial charge in [0.1, 0.15) is 11.3 Å². The van der Waals surface area contributed by atoms with Gasteiger partial charge in [0.2, 0.25) is 0 Å². The molecule has 2 rings (SSSR count). The maximum atomic E-state index is 11.0. The number of rotatable bonds is 2. The van der Waals surface area contributed by atoms with Gasteiger partial charge in [-0.1, -0.05) is 35.4 Å². The second kappa shape index (κ2) is 4.53. The molecule has 18 heavy (non-hydrogen) atoms. The number of hydrogen-bond acceptors (Lipinski definition) is 2. The quantitative estimate of drug-likeness (QED) is 0.848. The second-order valence-corrected chi connectivity index (χ2v) is 4.41. The predicted molar refractivity (Wildman–Crippen MR) is 70.0 cm³/mol. The van der Waals surface area contributed by atoms with E-state index in [0.717, 1.165) is 22.3 Å². The van der Waals surface area contributed by atoms with E-state index in [1.54, 1.807) is 6.07 Å². The highest BCUT2D eigenvalue weighted by Gasteiger charge is 2.11. The molecule has 0 aliphatic carbocycles. The van der Waals surface area contributed by atoms with Crippen LogP contribution in [0.1, 0.15) is 21.5 Å². The first kappa shape index (κ1) is 12.2. The summed E-state index contributed by atoms with van der Waals surface area (Å²) in [5.74, 6) is -1.34. The van der Waals surface area contributed by atoms with E-state index in [-0.39, 0.29) is 11.3 Å². The molecule has 2 aromatic carbocycles. The van der Waals surface area contributed by atoms with E-state index in [2.05, 4.69) is 6.07 Å². The van der Waals surface area contributed by atoms with E-state index >= 15 is 0 Å². The third-order valence-corrected chi connectivity index (χ3v) is 2.78. The van der Waals surface area contributed by atoms with Crippen molar-refractivity contribution in [1.29, 1.82) is 0 Å². The average Bonchev–Trinajstić information content (AvgIpc) is 2.27. The SMILES string of the molecule is Cc1cc(C)cc(-c2ccc(O)c(C(=O)O)c2)c1. The predicted octanol–water partition coefficient (Wildman–Crippen LogP) is 3.37. The molecule has 0 amide bonds. The van der Waals surface area contributed by atoms with Crippen molar-refractivity contribution in [2.24, 2.45) is 0 Å². The van der Waals surface area contributed by atoms with Crippen LogP contribution in [0.4, 0.5) is 0 Å². The van der Waals surface area contributed by atoms with Gasteiger partial charge < -0.3 is 10.2 Å². The number of aryl methyl sites for hydroxylation is 2. The van der Waals surface area contributed by atoms with Gasteiger partial charge in [0.15, 0.2) is 0 Å². The van der Waals surface area contributed by atoms with Gasteiger partial charge in [-0.15, -0.1) is 0 Å². The number of hydrogen-bond donors (Lipinski definition) is 2. The maximum absolute atomic E-state index is 11.0. The lowest BCUT2D eigenvalue weighted by Gasteiger charge is -2.07. The fraction of sp³-hybridized carbons (Fsp3) is 0.133. The fourth-order valence-corrected chi connectivity index (χ4v) is 2.03. The number of benzene rings is 2. The Balaban J connectivity index is 2.57. The highest BCUT2D eigenvalue weighted by molar-refractivity contribution is 5.92. The first-order chi connectivity index (χ1) is 8.47. The summed E-state index contributed by atoms with van der Waals surface area (Å²) < 4.78 is 0. The Bertz CT molecular complexity index is 595. The molecule has 2 aromatic rings. The summed E-state index contributed by atoms with van der Waals surface area (Å²) >= 11 is 0. The third kappa shape index (κ3) is 2.35. The minimum atomic E-state index is -1.13. The molecule has 0 bridgehead atoms. The molecule has 92 valence electrons. The number of carbonyl (C=O) groups is 1. The van der Waals surface area contributed by atoms with Gasteiger partial charge in [-0.25, -0.2) is 4.79 Å². The van der Waals surface area contributed by atoms with Crippen LogP contribution in [-0.4, -0.2) is 16.2 Å². The maximum Gasteiger partial charge on any atom is 0.339 e. The minimum absolute atomic E-state index is 0.0772. The molecule has 0 atom stereocenters. The second-order valence-electron chi connectivity index (χ2n) is 4.41. The van der Waals surface area contributed by atoms with E-state index in [0.29, 0.717) is 0 Å². The molecule has 0 aliphatic heterocycles. The van der Waals surface area contributed by atoms with E-state index < -0.39 is 5.97 Å². The number of aromatic carboxylic acids is 1. The van der Waals surface area contributed by atoms with Crippen molar-refractivity contribution >= 4 is 5.97 Å². The molecule has 0 aromatic heterocycles. The molecular weight excluding hydrogens is 228 g/mol. The van der Waals surface area contributed by atoms with E-state index in [1.165, 1.54) is 12.1 Å². The molecule has 3 nitrogen and oxygen atoms in total. The molecular formula is C15H14O3. The normalized spacial score (nSPS) is 10.3. The molecule has 0 unspecified atom stereocenters. The lowest BCUT2D eigenvalue weighted by molar-refractivity contribution is 0.0694. The van der Waals surface area contributed by atoms with Crippen LogP contribution in [0.5, 0.6) is 5.75 Å². The van der Waals surface area contributed by atoms with Crippen molar-refractivity contribution in [3.05, 3.63) is 53.1 Å². The Hall–Kier alpha value is -2.29. The van der Waals surface area contributed by atoms with E-state index in [9.17, 15) is 9.90 Å². The monoisotopic (exact) mass is 242 g/mol. The van der Waals surface area contributed by atoms with Gasteiger partial charge in [0.05, 0.1) is 0 Å². The third-order valence-electron chi connectivity index (χ3n) is 2.78. The molecule has 0 spiro atoms. The molecule has 0 heterocycles. The zero-order chi connectivity index (χ0) is 13.3. The lowest BCUT2D eigenvalue weighted by Crippen LogP contribution is -1.97. The summed E-state index contributed by atoms with van der Waals surface area (Å²) in [6.45, 7) is 3.99. The van der Waals surface area contributed by atoms with Crippen molar-refractivity contribution in [1.82, 2.24) is 0 Å². The van der Waals surface area contributed by atoms with Crippen LogP contribution < -0.4 is 0 Å². The zero-order valence-electron chi connectivity index (χ0n) is 10.3. The summed E-state index contributed by atoms with van der Waals surface area (Å²) in [7, 11) is 0. The summed E-state index contributed by atoms with van der Waals surface area (Å²) in [4.78, 5) is 11.0. The number of phenols is 1. The molecule has 0 saturated carbocycles. The lowest BCUT2D eigenvalue weighted by atomic mass is 9.99. The van der Waals surface area contributed by atoms with Crippen LogP contribution in [0.15, 0.2) is 36.4 Å². The van der Waals surface area contributed by atoms with Crippen molar-refractivity contribution in [2.45, 2.75) is 13.8 Å². The highest BCUT2D eigenvalue weighted by atomic mass is 16.4. The standard InChI is InChI=1S/C15H14O3/c1-9-5-10(2)7-12(6-9)11-3-4-14(16)13(8-11)15(17)18/h3-8,16H,1-2H3,(H,17,18). The van der Waals surface area contributed by atoms with Crippen LogP contribution >= 0.6 is 0 Å². The van der Waals surface area contributed by atoms with Crippen LogP contribution in [0, 0.1) is 13.8 Å². The fourth-order valence-electron chi connectivity index (χ4n) is 2.03. The van der Waals surface area contributed by atoms with E-state index in [1.807, 2.05) is 26.0 Å². The molecule has 0 aliphatic rings.